The lowest BCUT2D eigenvalue weighted by Crippen LogP contribution is -2.24. The molecule has 0 saturated carbocycles. The first kappa shape index (κ1) is 15.7. The van der Waals surface area contributed by atoms with E-state index in [1.165, 1.54) is 23.9 Å². The van der Waals surface area contributed by atoms with Crippen LogP contribution in [0.5, 0.6) is 0 Å². The summed E-state index contributed by atoms with van der Waals surface area (Å²) in [5.74, 6) is -0.782. The molecule has 7 heteroatoms. The summed E-state index contributed by atoms with van der Waals surface area (Å²) < 4.78 is 14.6. The van der Waals surface area contributed by atoms with Crippen LogP contribution in [0.3, 0.4) is 0 Å². The van der Waals surface area contributed by atoms with Crippen molar-refractivity contribution in [1.29, 1.82) is 0 Å². The molecule has 1 aromatic carbocycles. The molecule has 1 aliphatic carbocycles. The van der Waals surface area contributed by atoms with Crippen molar-refractivity contribution in [3.63, 3.8) is 0 Å². The van der Waals surface area contributed by atoms with Gasteiger partial charge in [-0.15, -0.1) is 0 Å². The van der Waals surface area contributed by atoms with E-state index in [2.05, 4.69) is 4.98 Å². The van der Waals surface area contributed by atoms with Gasteiger partial charge in [-0.05, 0) is 37.0 Å². The number of hydrogen-bond acceptors (Lipinski definition) is 4. The van der Waals surface area contributed by atoms with Gasteiger partial charge in [0.2, 0.25) is 0 Å². The first-order chi connectivity index (χ1) is 11.0. The molecule has 0 spiro atoms. The topological polar surface area (TPSA) is 72.2 Å². The molecule has 120 valence electrons. The molecule has 0 saturated heterocycles. The molecule has 23 heavy (non-hydrogen) atoms. The normalized spacial score (nSPS) is 13.1. The second-order valence-electron chi connectivity index (χ2n) is 5.37. The van der Waals surface area contributed by atoms with Crippen molar-refractivity contribution < 1.29 is 14.3 Å². The summed E-state index contributed by atoms with van der Waals surface area (Å²) in [5.41, 5.74) is 2.04. The molecule has 0 bridgehead atoms. The highest BCUT2D eigenvalue weighted by molar-refractivity contribution is 7.98. The first-order valence-corrected chi connectivity index (χ1v) is 8.25. The Hall–Kier alpha value is -2.15. The van der Waals surface area contributed by atoms with E-state index in [1.54, 1.807) is 16.7 Å². The fourth-order valence-electron chi connectivity index (χ4n) is 2.72. The van der Waals surface area contributed by atoms with Crippen LogP contribution < -0.4 is 5.56 Å². The third-order valence-electron chi connectivity index (χ3n) is 3.78. The number of rotatable bonds is 5. The van der Waals surface area contributed by atoms with Crippen molar-refractivity contribution in [3.05, 3.63) is 57.3 Å². The molecule has 5 nitrogen and oxygen atoms in total. The van der Waals surface area contributed by atoms with Crippen molar-refractivity contribution >= 4 is 17.7 Å². The molecule has 1 aromatic heterocycles. The van der Waals surface area contributed by atoms with Crippen molar-refractivity contribution in [1.82, 2.24) is 9.55 Å². The van der Waals surface area contributed by atoms with Gasteiger partial charge >= 0.3 is 5.97 Å². The van der Waals surface area contributed by atoms with Gasteiger partial charge in [0.15, 0.2) is 5.16 Å². The number of aromatic nitrogens is 2. The summed E-state index contributed by atoms with van der Waals surface area (Å²) in [4.78, 5) is 27.3. The number of hydrogen-bond donors (Lipinski definition) is 1. The fraction of sp³-hybridized carbons (Fsp3) is 0.312. The van der Waals surface area contributed by atoms with Crippen LogP contribution in [0.25, 0.3) is 0 Å². The van der Waals surface area contributed by atoms with Gasteiger partial charge in [0.1, 0.15) is 12.4 Å². The van der Waals surface area contributed by atoms with E-state index in [-0.39, 0.29) is 17.9 Å². The monoisotopic (exact) mass is 334 g/mol. The quantitative estimate of drug-likeness (QED) is 0.671. The predicted molar refractivity (Wildman–Crippen MR) is 84.1 cm³/mol. The zero-order valence-corrected chi connectivity index (χ0v) is 13.1. The standard InChI is InChI=1S/C16H15FN2O3S/c17-11-6-4-10(5-7-11)9-23-16-18-15(22)12-2-1-3-13(12)19(16)8-14(20)21/h4-7H,1-3,8-9H2,(H,20,21). The number of carbonyl (C=O) groups is 1. The lowest BCUT2D eigenvalue weighted by molar-refractivity contribution is -0.137. The van der Waals surface area contributed by atoms with Gasteiger partial charge in [0, 0.05) is 17.0 Å². The summed E-state index contributed by atoms with van der Waals surface area (Å²) >= 11 is 1.29. The number of nitrogens with zero attached hydrogens (tertiary/aromatic N) is 2. The Morgan fingerprint density at radius 3 is 2.74 bits per heavy atom. The number of benzene rings is 1. The minimum atomic E-state index is -0.965. The molecule has 0 atom stereocenters. The average Bonchev–Trinajstić information content (AvgIpc) is 3.00. The second kappa shape index (κ2) is 6.54. The Balaban J connectivity index is 1.91. The molecular weight excluding hydrogens is 319 g/mol. The van der Waals surface area contributed by atoms with Gasteiger partial charge in [-0.1, -0.05) is 23.9 Å². The zero-order valence-electron chi connectivity index (χ0n) is 12.3. The zero-order chi connectivity index (χ0) is 16.4. The minimum absolute atomic E-state index is 0.207. The van der Waals surface area contributed by atoms with E-state index >= 15 is 0 Å². The van der Waals surface area contributed by atoms with Crippen molar-refractivity contribution in [2.75, 3.05) is 0 Å². The van der Waals surface area contributed by atoms with Crippen LogP contribution in [-0.4, -0.2) is 20.6 Å². The predicted octanol–water partition coefficient (Wildman–Crippen LogP) is 2.25. The van der Waals surface area contributed by atoms with E-state index < -0.39 is 5.97 Å². The van der Waals surface area contributed by atoms with Crippen molar-refractivity contribution in [2.45, 2.75) is 36.7 Å². The fourth-order valence-corrected chi connectivity index (χ4v) is 3.69. The Morgan fingerprint density at radius 2 is 2.04 bits per heavy atom. The number of fused-ring (bicyclic) bond motifs is 1. The van der Waals surface area contributed by atoms with Crippen molar-refractivity contribution in [3.8, 4) is 0 Å². The number of aliphatic carboxylic acids is 1. The van der Waals surface area contributed by atoms with Gasteiger partial charge in [-0.3, -0.25) is 9.59 Å². The van der Waals surface area contributed by atoms with Crippen LogP contribution in [-0.2, 0) is 29.9 Å². The van der Waals surface area contributed by atoms with Crippen LogP contribution in [0.2, 0.25) is 0 Å². The summed E-state index contributed by atoms with van der Waals surface area (Å²) in [6.45, 7) is -0.207. The summed E-state index contributed by atoms with van der Waals surface area (Å²) in [6, 6.07) is 6.07. The third kappa shape index (κ3) is 3.44. The lowest BCUT2D eigenvalue weighted by Gasteiger charge is -2.15. The Morgan fingerprint density at radius 1 is 1.30 bits per heavy atom. The van der Waals surface area contributed by atoms with Gasteiger partial charge in [0.05, 0.1) is 0 Å². The number of thioether (sulfide) groups is 1. The van der Waals surface area contributed by atoms with Crippen molar-refractivity contribution in [2.24, 2.45) is 0 Å². The Kier molecular flexibility index (Phi) is 4.47. The molecule has 1 heterocycles. The summed E-state index contributed by atoms with van der Waals surface area (Å²) in [5, 5.41) is 9.54. The van der Waals surface area contributed by atoms with E-state index in [1.807, 2.05) is 0 Å². The van der Waals surface area contributed by atoms with Crippen LogP contribution in [0, 0.1) is 5.82 Å². The Labute approximate surface area is 136 Å². The summed E-state index contributed by atoms with van der Waals surface area (Å²) in [6.07, 6.45) is 2.20. The molecule has 0 fully saturated rings. The van der Waals surface area contributed by atoms with Gasteiger partial charge in [-0.2, -0.15) is 4.98 Å². The molecule has 0 radical (unpaired) electrons. The van der Waals surface area contributed by atoms with Crippen LogP contribution in [0.4, 0.5) is 4.39 Å². The smallest absolute Gasteiger partial charge is 0.323 e. The molecule has 1 N–H and O–H groups in total. The van der Waals surface area contributed by atoms with Gasteiger partial charge in [-0.25, -0.2) is 4.39 Å². The van der Waals surface area contributed by atoms with Gasteiger partial charge < -0.3 is 9.67 Å². The second-order valence-corrected chi connectivity index (χ2v) is 6.32. The number of halogens is 1. The minimum Gasteiger partial charge on any atom is -0.480 e. The van der Waals surface area contributed by atoms with E-state index in [0.717, 1.165) is 17.7 Å². The molecular formula is C16H15FN2O3S. The summed E-state index contributed by atoms with van der Waals surface area (Å²) in [7, 11) is 0. The average molecular weight is 334 g/mol. The highest BCUT2D eigenvalue weighted by Gasteiger charge is 2.22. The SMILES string of the molecule is O=C(O)Cn1c(SCc2ccc(F)cc2)nc(=O)c2c1CCC2. The molecule has 0 unspecified atom stereocenters. The van der Waals surface area contributed by atoms with E-state index in [9.17, 15) is 14.0 Å². The molecule has 0 aliphatic heterocycles. The number of carboxylic acid groups (broad SMARTS) is 1. The third-order valence-corrected chi connectivity index (χ3v) is 4.82. The van der Waals surface area contributed by atoms with Gasteiger partial charge in [0.25, 0.3) is 5.56 Å². The lowest BCUT2D eigenvalue weighted by atomic mass is 10.2. The maximum Gasteiger partial charge on any atom is 0.323 e. The van der Waals surface area contributed by atoms with Crippen LogP contribution in [0.1, 0.15) is 23.2 Å². The molecule has 1 aliphatic rings. The van der Waals surface area contributed by atoms with Crippen LogP contribution in [0.15, 0.2) is 34.2 Å². The van der Waals surface area contributed by atoms with E-state index in [4.69, 9.17) is 5.11 Å². The maximum atomic E-state index is 12.9. The largest absolute Gasteiger partial charge is 0.480 e. The molecule has 3 rings (SSSR count). The van der Waals surface area contributed by atoms with Crippen LogP contribution >= 0.6 is 11.8 Å². The highest BCUT2D eigenvalue weighted by atomic mass is 32.2. The Bertz CT molecular complexity index is 802. The highest BCUT2D eigenvalue weighted by Crippen LogP contribution is 2.26. The first-order valence-electron chi connectivity index (χ1n) is 7.26. The number of carboxylic acids is 1. The van der Waals surface area contributed by atoms with E-state index in [0.29, 0.717) is 29.3 Å². The molecule has 0 amide bonds. The molecule has 2 aromatic rings. The maximum absolute atomic E-state index is 12.9.